The Morgan fingerprint density at radius 2 is 1.95 bits per heavy atom. The normalized spacial score (nSPS) is 11.5. The van der Waals surface area contributed by atoms with Crippen LogP contribution in [0.5, 0.6) is 0 Å². The number of nitrogens with zero attached hydrogens (tertiary/aromatic N) is 1. The van der Waals surface area contributed by atoms with Gasteiger partial charge >= 0.3 is 0 Å². The van der Waals surface area contributed by atoms with E-state index in [1.165, 1.54) is 6.07 Å². The zero-order valence-corrected chi connectivity index (χ0v) is 11.9. The lowest BCUT2D eigenvalue weighted by Gasteiger charge is -2.10. The number of hydrogen-bond acceptors (Lipinski definition) is 4. The van der Waals surface area contributed by atoms with E-state index in [9.17, 15) is 13.5 Å². The van der Waals surface area contributed by atoms with E-state index in [4.69, 9.17) is 0 Å². The van der Waals surface area contributed by atoms with Gasteiger partial charge in [0, 0.05) is 18.4 Å². The Labute approximate surface area is 118 Å². The summed E-state index contributed by atoms with van der Waals surface area (Å²) in [5.74, 6) is 0. The minimum absolute atomic E-state index is 0.0996. The molecule has 0 saturated heterocycles. The fraction of sp³-hybridized carbons (Fsp3) is 0.214. The maximum atomic E-state index is 12.2. The molecule has 106 valence electrons. The lowest BCUT2D eigenvalue weighted by Crippen LogP contribution is -2.24. The van der Waals surface area contributed by atoms with Gasteiger partial charge in [0.15, 0.2) is 0 Å². The van der Waals surface area contributed by atoms with Crippen molar-refractivity contribution in [1.29, 1.82) is 0 Å². The van der Waals surface area contributed by atoms with E-state index >= 15 is 0 Å². The van der Waals surface area contributed by atoms with Crippen LogP contribution in [0, 0.1) is 6.92 Å². The molecule has 1 aromatic heterocycles. The van der Waals surface area contributed by atoms with Gasteiger partial charge in [-0.15, -0.1) is 0 Å². The van der Waals surface area contributed by atoms with E-state index in [0.717, 1.165) is 11.3 Å². The van der Waals surface area contributed by atoms with Crippen molar-refractivity contribution >= 4 is 10.0 Å². The zero-order chi connectivity index (χ0) is 14.6. The number of sulfonamides is 1. The fourth-order valence-electron chi connectivity index (χ4n) is 1.76. The van der Waals surface area contributed by atoms with Crippen molar-refractivity contribution in [1.82, 2.24) is 9.71 Å². The standard InChI is InChI=1S/C14H16N2O3S/c1-11-6-7-12(8-15-11)9-16-20(18,19)14-5-3-2-4-13(14)10-17/h2-8,16-17H,9-10H2,1H3. The topological polar surface area (TPSA) is 79.3 Å². The average molecular weight is 292 g/mol. The lowest BCUT2D eigenvalue weighted by atomic mass is 10.2. The first kappa shape index (κ1) is 14.6. The maximum Gasteiger partial charge on any atom is 0.241 e. The summed E-state index contributed by atoms with van der Waals surface area (Å²) in [6, 6.07) is 10.0. The van der Waals surface area contributed by atoms with Gasteiger partial charge in [-0.25, -0.2) is 13.1 Å². The van der Waals surface area contributed by atoms with Crippen LogP contribution in [-0.2, 0) is 23.2 Å². The molecule has 2 rings (SSSR count). The van der Waals surface area contributed by atoms with Gasteiger partial charge in [0.2, 0.25) is 10.0 Å². The van der Waals surface area contributed by atoms with Crippen molar-refractivity contribution in [2.45, 2.75) is 25.0 Å². The van der Waals surface area contributed by atoms with Crippen molar-refractivity contribution in [3.63, 3.8) is 0 Å². The summed E-state index contributed by atoms with van der Waals surface area (Å²) >= 11 is 0. The third-order valence-electron chi connectivity index (χ3n) is 2.87. The van der Waals surface area contributed by atoms with Gasteiger partial charge in [-0.1, -0.05) is 24.3 Å². The molecule has 0 radical (unpaired) electrons. The number of nitrogens with one attached hydrogen (secondary N) is 1. The lowest BCUT2D eigenvalue weighted by molar-refractivity contribution is 0.278. The quantitative estimate of drug-likeness (QED) is 0.872. The van der Waals surface area contributed by atoms with Crippen LogP contribution in [-0.4, -0.2) is 18.5 Å². The predicted octanol–water partition coefficient (Wildman–Crippen LogP) is 1.36. The van der Waals surface area contributed by atoms with E-state index in [0.29, 0.717) is 5.56 Å². The molecule has 1 heterocycles. The van der Waals surface area contributed by atoms with Crippen LogP contribution in [0.25, 0.3) is 0 Å². The zero-order valence-electron chi connectivity index (χ0n) is 11.1. The Morgan fingerprint density at radius 1 is 1.20 bits per heavy atom. The first-order valence-electron chi connectivity index (χ1n) is 6.13. The van der Waals surface area contributed by atoms with E-state index in [1.807, 2.05) is 19.1 Å². The molecule has 2 N–H and O–H groups in total. The predicted molar refractivity (Wildman–Crippen MR) is 75.4 cm³/mol. The molecule has 0 spiro atoms. The molecule has 0 unspecified atom stereocenters. The van der Waals surface area contributed by atoms with Crippen molar-refractivity contribution in [2.24, 2.45) is 0 Å². The molecular weight excluding hydrogens is 276 g/mol. The molecule has 0 saturated carbocycles. The molecule has 0 amide bonds. The van der Waals surface area contributed by atoms with Gasteiger partial charge in [0.05, 0.1) is 11.5 Å². The third kappa shape index (κ3) is 3.41. The molecule has 0 fully saturated rings. The number of hydrogen-bond donors (Lipinski definition) is 2. The second kappa shape index (κ2) is 6.13. The van der Waals surface area contributed by atoms with Crippen LogP contribution >= 0.6 is 0 Å². The summed E-state index contributed by atoms with van der Waals surface area (Å²) in [5.41, 5.74) is 2.03. The Morgan fingerprint density at radius 3 is 2.60 bits per heavy atom. The van der Waals surface area contributed by atoms with Crippen LogP contribution in [0.4, 0.5) is 0 Å². The molecule has 0 atom stereocenters. The monoisotopic (exact) mass is 292 g/mol. The molecule has 1 aromatic carbocycles. The fourth-order valence-corrected chi connectivity index (χ4v) is 3.00. The largest absolute Gasteiger partial charge is 0.392 e. The molecule has 0 aliphatic rings. The summed E-state index contributed by atoms with van der Waals surface area (Å²) < 4.78 is 26.9. The van der Waals surface area contributed by atoms with Crippen molar-refractivity contribution in [3.8, 4) is 0 Å². The smallest absolute Gasteiger partial charge is 0.241 e. The SMILES string of the molecule is Cc1ccc(CNS(=O)(=O)c2ccccc2CO)cn1. The van der Waals surface area contributed by atoms with Crippen LogP contribution in [0.15, 0.2) is 47.5 Å². The summed E-state index contributed by atoms with van der Waals surface area (Å²) in [4.78, 5) is 4.21. The molecule has 0 aliphatic heterocycles. The third-order valence-corrected chi connectivity index (χ3v) is 4.37. The summed E-state index contributed by atoms with van der Waals surface area (Å²) in [6.45, 7) is 1.71. The average Bonchev–Trinajstić information content (AvgIpc) is 2.46. The van der Waals surface area contributed by atoms with E-state index in [2.05, 4.69) is 9.71 Å². The highest BCUT2D eigenvalue weighted by molar-refractivity contribution is 7.89. The number of aliphatic hydroxyl groups excluding tert-OH is 1. The van der Waals surface area contributed by atoms with Gasteiger partial charge in [-0.2, -0.15) is 0 Å². The van der Waals surface area contributed by atoms with E-state index in [-0.39, 0.29) is 18.0 Å². The summed E-state index contributed by atoms with van der Waals surface area (Å²) in [7, 11) is -3.65. The van der Waals surface area contributed by atoms with Gasteiger partial charge in [0.25, 0.3) is 0 Å². The maximum absolute atomic E-state index is 12.2. The van der Waals surface area contributed by atoms with Gasteiger partial charge in [-0.05, 0) is 30.2 Å². The molecule has 0 aliphatic carbocycles. The number of aliphatic hydroxyl groups is 1. The van der Waals surface area contributed by atoms with E-state index in [1.54, 1.807) is 24.4 Å². The molecular formula is C14H16N2O3S. The van der Waals surface area contributed by atoms with Crippen molar-refractivity contribution in [3.05, 3.63) is 59.4 Å². The van der Waals surface area contributed by atoms with E-state index < -0.39 is 10.0 Å². The Hall–Kier alpha value is -1.76. The number of aromatic nitrogens is 1. The van der Waals surface area contributed by atoms with Crippen LogP contribution in [0.2, 0.25) is 0 Å². The second-order valence-corrected chi connectivity index (χ2v) is 6.13. The number of pyridine rings is 1. The molecule has 6 heteroatoms. The second-order valence-electron chi connectivity index (χ2n) is 4.40. The first-order chi connectivity index (χ1) is 9.53. The molecule has 0 bridgehead atoms. The summed E-state index contributed by atoms with van der Waals surface area (Å²) in [6.07, 6.45) is 1.63. The van der Waals surface area contributed by atoms with Crippen molar-refractivity contribution < 1.29 is 13.5 Å². The first-order valence-corrected chi connectivity index (χ1v) is 7.61. The van der Waals surface area contributed by atoms with Crippen LogP contribution in [0.3, 0.4) is 0 Å². The number of benzene rings is 1. The highest BCUT2D eigenvalue weighted by Gasteiger charge is 2.17. The highest BCUT2D eigenvalue weighted by Crippen LogP contribution is 2.15. The Bertz CT molecular complexity index is 682. The van der Waals surface area contributed by atoms with Crippen LogP contribution < -0.4 is 4.72 Å². The number of aryl methyl sites for hydroxylation is 1. The van der Waals surface area contributed by atoms with Gasteiger partial charge in [-0.3, -0.25) is 4.98 Å². The Balaban J connectivity index is 2.17. The minimum atomic E-state index is -3.65. The Kier molecular flexibility index (Phi) is 4.49. The van der Waals surface area contributed by atoms with Crippen LogP contribution in [0.1, 0.15) is 16.8 Å². The minimum Gasteiger partial charge on any atom is -0.392 e. The number of rotatable bonds is 5. The van der Waals surface area contributed by atoms with Gasteiger partial charge in [0.1, 0.15) is 0 Å². The molecule has 2 aromatic rings. The molecule has 5 nitrogen and oxygen atoms in total. The van der Waals surface area contributed by atoms with Gasteiger partial charge < -0.3 is 5.11 Å². The highest BCUT2D eigenvalue weighted by atomic mass is 32.2. The summed E-state index contributed by atoms with van der Waals surface area (Å²) in [5, 5.41) is 9.20. The molecule has 20 heavy (non-hydrogen) atoms. The van der Waals surface area contributed by atoms with Crippen molar-refractivity contribution in [2.75, 3.05) is 0 Å².